The summed E-state index contributed by atoms with van der Waals surface area (Å²) in [5.74, 6) is -0.463. The number of carbonyl (C=O) groups excluding carboxylic acids is 2. The number of anilines is 1. The lowest BCUT2D eigenvalue weighted by atomic mass is 10.1. The van der Waals surface area contributed by atoms with Crippen LogP contribution in [0.2, 0.25) is 5.02 Å². The molecule has 1 amide bonds. The molecular formula is C18H17ClN2O4S. The number of hydrogen-bond acceptors (Lipinski definition) is 6. The summed E-state index contributed by atoms with van der Waals surface area (Å²) in [4.78, 5) is 24.2. The van der Waals surface area contributed by atoms with Gasteiger partial charge in [0.2, 0.25) is 0 Å². The Bertz CT molecular complexity index is 892. The van der Waals surface area contributed by atoms with Crippen molar-refractivity contribution < 1.29 is 19.1 Å². The van der Waals surface area contributed by atoms with Crippen molar-refractivity contribution in [3.63, 3.8) is 0 Å². The lowest BCUT2D eigenvalue weighted by Gasteiger charge is -2.10. The zero-order chi connectivity index (χ0) is 19.4. The summed E-state index contributed by atoms with van der Waals surface area (Å²) in [7, 11) is 1.26. The number of rotatable bonds is 5. The van der Waals surface area contributed by atoms with Crippen LogP contribution in [0.3, 0.4) is 0 Å². The number of nitrogens with one attached hydrogen (secondary N) is 1. The molecule has 0 saturated carbocycles. The maximum Gasteiger partial charge on any atom is 0.348 e. The van der Waals surface area contributed by atoms with Crippen LogP contribution in [0.5, 0.6) is 5.75 Å². The third kappa shape index (κ3) is 4.15. The molecule has 26 heavy (non-hydrogen) atoms. The van der Waals surface area contributed by atoms with Crippen LogP contribution in [0.25, 0.3) is 0 Å². The van der Waals surface area contributed by atoms with Gasteiger partial charge in [0.05, 0.1) is 12.7 Å². The monoisotopic (exact) mass is 392 g/mol. The van der Waals surface area contributed by atoms with E-state index >= 15 is 0 Å². The number of ether oxygens (including phenoxy) is 2. The molecule has 0 aliphatic heterocycles. The van der Waals surface area contributed by atoms with E-state index in [1.165, 1.54) is 7.11 Å². The first kappa shape index (κ1) is 19.8. The lowest BCUT2D eigenvalue weighted by molar-refractivity contribution is -0.118. The average Bonchev–Trinajstić information content (AvgIpc) is 2.92. The Morgan fingerprint density at radius 1 is 1.27 bits per heavy atom. The second-order valence-corrected chi connectivity index (χ2v) is 6.97. The fraction of sp³-hybridized carbons (Fsp3) is 0.278. The molecule has 1 N–H and O–H groups in total. The number of methoxy groups -OCH3 is 1. The maximum atomic E-state index is 12.2. The molecule has 0 atom stereocenters. The van der Waals surface area contributed by atoms with E-state index in [4.69, 9.17) is 16.3 Å². The van der Waals surface area contributed by atoms with Gasteiger partial charge in [-0.3, -0.25) is 4.79 Å². The van der Waals surface area contributed by atoms with Crippen molar-refractivity contribution in [2.75, 3.05) is 19.0 Å². The summed E-state index contributed by atoms with van der Waals surface area (Å²) < 4.78 is 10.2. The van der Waals surface area contributed by atoms with Gasteiger partial charge < -0.3 is 14.8 Å². The standard InChI is InChI=1S/C18H17ClN2O4S/c1-9-5-12(6-10(2)15(9)19)25-8-14(22)21-17-13(7-20)11(3)16(26-17)18(23)24-4/h5-6H,8H2,1-4H3,(H,21,22). The number of nitriles is 1. The van der Waals surface area contributed by atoms with E-state index in [0.29, 0.717) is 21.3 Å². The van der Waals surface area contributed by atoms with Crippen molar-refractivity contribution in [1.82, 2.24) is 0 Å². The van der Waals surface area contributed by atoms with Gasteiger partial charge in [-0.25, -0.2) is 4.79 Å². The lowest BCUT2D eigenvalue weighted by Crippen LogP contribution is -2.20. The van der Waals surface area contributed by atoms with Gasteiger partial charge in [-0.1, -0.05) is 11.6 Å². The largest absolute Gasteiger partial charge is 0.484 e. The Balaban J connectivity index is 2.11. The first-order valence-electron chi connectivity index (χ1n) is 7.59. The molecule has 0 radical (unpaired) electrons. The molecule has 2 rings (SSSR count). The van der Waals surface area contributed by atoms with E-state index in [1.807, 2.05) is 19.9 Å². The van der Waals surface area contributed by atoms with E-state index in [0.717, 1.165) is 22.5 Å². The number of amides is 1. The minimum atomic E-state index is -0.548. The van der Waals surface area contributed by atoms with Crippen LogP contribution in [0, 0.1) is 32.1 Å². The normalized spacial score (nSPS) is 10.2. The van der Waals surface area contributed by atoms with Gasteiger partial charge in [-0.2, -0.15) is 5.26 Å². The Hall–Kier alpha value is -2.56. The second kappa shape index (κ2) is 8.21. The van der Waals surface area contributed by atoms with Gasteiger partial charge in [0.1, 0.15) is 21.7 Å². The summed E-state index contributed by atoms with van der Waals surface area (Å²) in [6.45, 7) is 5.09. The van der Waals surface area contributed by atoms with Crippen molar-refractivity contribution >= 4 is 39.8 Å². The molecule has 0 saturated heterocycles. The summed E-state index contributed by atoms with van der Waals surface area (Å²) in [5, 5.41) is 12.8. The van der Waals surface area contributed by atoms with E-state index in [2.05, 4.69) is 10.1 Å². The first-order valence-corrected chi connectivity index (χ1v) is 8.79. The number of esters is 1. The van der Waals surface area contributed by atoms with E-state index < -0.39 is 11.9 Å². The predicted molar refractivity (Wildman–Crippen MR) is 100 cm³/mol. The van der Waals surface area contributed by atoms with Gasteiger partial charge in [-0.15, -0.1) is 11.3 Å². The minimum Gasteiger partial charge on any atom is -0.484 e. The number of halogens is 1. The van der Waals surface area contributed by atoms with Crippen LogP contribution in [-0.4, -0.2) is 25.6 Å². The van der Waals surface area contributed by atoms with Gasteiger partial charge in [-0.05, 0) is 49.6 Å². The van der Waals surface area contributed by atoms with Crippen molar-refractivity contribution in [1.29, 1.82) is 5.26 Å². The van der Waals surface area contributed by atoms with Gasteiger partial charge >= 0.3 is 5.97 Å². The molecule has 1 aromatic heterocycles. The number of aryl methyl sites for hydroxylation is 2. The van der Waals surface area contributed by atoms with Crippen LogP contribution >= 0.6 is 22.9 Å². The highest BCUT2D eigenvalue weighted by atomic mass is 35.5. The molecule has 1 aromatic carbocycles. The van der Waals surface area contributed by atoms with Gasteiger partial charge in [0.15, 0.2) is 6.61 Å². The Morgan fingerprint density at radius 2 is 1.88 bits per heavy atom. The third-order valence-electron chi connectivity index (χ3n) is 3.66. The summed E-state index contributed by atoms with van der Waals surface area (Å²) in [6, 6.07) is 5.48. The number of carbonyl (C=O) groups is 2. The molecule has 0 aliphatic carbocycles. The highest BCUT2D eigenvalue weighted by Crippen LogP contribution is 2.33. The fourth-order valence-corrected chi connectivity index (χ4v) is 3.53. The summed E-state index contributed by atoms with van der Waals surface area (Å²) in [5.41, 5.74) is 2.42. The molecule has 0 bridgehead atoms. The van der Waals surface area contributed by atoms with Crippen LogP contribution in [0.4, 0.5) is 5.00 Å². The molecule has 0 aliphatic rings. The SMILES string of the molecule is COC(=O)c1sc(NC(=O)COc2cc(C)c(Cl)c(C)c2)c(C#N)c1C. The topological polar surface area (TPSA) is 88.4 Å². The molecule has 0 spiro atoms. The average molecular weight is 393 g/mol. The highest BCUT2D eigenvalue weighted by Gasteiger charge is 2.22. The number of thiophene rings is 1. The third-order valence-corrected chi connectivity index (χ3v) is 5.45. The Morgan fingerprint density at radius 3 is 2.42 bits per heavy atom. The van der Waals surface area contributed by atoms with Crippen LogP contribution in [0.15, 0.2) is 12.1 Å². The molecule has 1 heterocycles. The quantitative estimate of drug-likeness (QED) is 0.777. The predicted octanol–water partition coefficient (Wildman–Crippen LogP) is 4.00. The molecule has 8 heteroatoms. The Labute approximate surface area is 160 Å². The van der Waals surface area contributed by atoms with Crippen LogP contribution in [0.1, 0.15) is 31.9 Å². The van der Waals surface area contributed by atoms with Crippen molar-refractivity contribution in [2.45, 2.75) is 20.8 Å². The van der Waals surface area contributed by atoms with Gasteiger partial charge in [0.25, 0.3) is 5.91 Å². The number of hydrogen-bond donors (Lipinski definition) is 1. The van der Waals surface area contributed by atoms with E-state index in [-0.39, 0.29) is 17.0 Å². The molecule has 0 unspecified atom stereocenters. The number of nitrogens with zero attached hydrogens (tertiary/aromatic N) is 1. The minimum absolute atomic E-state index is 0.238. The van der Waals surface area contributed by atoms with Crippen LogP contribution in [-0.2, 0) is 9.53 Å². The molecule has 2 aromatic rings. The summed E-state index contributed by atoms with van der Waals surface area (Å²) in [6.07, 6.45) is 0. The van der Waals surface area contributed by atoms with Crippen molar-refractivity contribution in [2.24, 2.45) is 0 Å². The van der Waals surface area contributed by atoms with E-state index in [1.54, 1.807) is 19.1 Å². The second-order valence-electron chi connectivity index (χ2n) is 5.57. The van der Waals surface area contributed by atoms with E-state index in [9.17, 15) is 14.9 Å². The summed E-state index contributed by atoms with van der Waals surface area (Å²) >= 11 is 7.10. The molecule has 0 fully saturated rings. The maximum absolute atomic E-state index is 12.2. The zero-order valence-electron chi connectivity index (χ0n) is 14.7. The highest BCUT2D eigenvalue weighted by molar-refractivity contribution is 7.18. The molecule has 6 nitrogen and oxygen atoms in total. The van der Waals surface area contributed by atoms with Crippen molar-refractivity contribution in [3.8, 4) is 11.8 Å². The zero-order valence-corrected chi connectivity index (χ0v) is 16.3. The smallest absolute Gasteiger partial charge is 0.348 e. The first-order chi connectivity index (χ1) is 12.3. The number of benzene rings is 1. The van der Waals surface area contributed by atoms with Gasteiger partial charge in [0, 0.05) is 5.02 Å². The molecular weight excluding hydrogens is 376 g/mol. The van der Waals surface area contributed by atoms with Crippen LogP contribution < -0.4 is 10.1 Å². The Kier molecular flexibility index (Phi) is 6.24. The fourth-order valence-electron chi connectivity index (χ4n) is 2.32. The molecule has 136 valence electrons. The van der Waals surface area contributed by atoms with Crippen molar-refractivity contribution in [3.05, 3.63) is 44.3 Å².